The molecule has 0 spiro atoms. The van der Waals surface area contributed by atoms with Gasteiger partial charge in [-0.05, 0) is 40.0 Å². The number of nitrogens with one attached hydrogen (secondary N) is 1. The SMILES string of the molecule is Cc1ccc(C2NCC(=O)N2CCN(C)C(C)C)s1. The van der Waals surface area contributed by atoms with Crippen LogP contribution in [0.25, 0.3) is 0 Å². The maximum absolute atomic E-state index is 12.0. The second-order valence-electron chi connectivity index (χ2n) is 5.39. The predicted molar refractivity (Wildman–Crippen MR) is 79.3 cm³/mol. The summed E-state index contributed by atoms with van der Waals surface area (Å²) in [7, 11) is 2.10. The fourth-order valence-corrected chi connectivity index (χ4v) is 3.14. The summed E-state index contributed by atoms with van der Waals surface area (Å²) >= 11 is 1.76. The minimum absolute atomic E-state index is 0.0618. The maximum atomic E-state index is 12.0. The van der Waals surface area contributed by atoms with Crippen molar-refractivity contribution in [3.63, 3.8) is 0 Å². The van der Waals surface area contributed by atoms with Crippen molar-refractivity contribution < 1.29 is 4.79 Å². The van der Waals surface area contributed by atoms with Gasteiger partial charge >= 0.3 is 0 Å². The Labute approximate surface area is 119 Å². The third-order valence-corrected chi connectivity index (χ3v) is 4.74. The lowest BCUT2D eigenvalue weighted by atomic mass is 10.3. The van der Waals surface area contributed by atoms with Gasteiger partial charge in [-0.3, -0.25) is 10.1 Å². The number of aryl methyl sites for hydroxylation is 1. The van der Waals surface area contributed by atoms with Crippen LogP contribution in [0, 0.1) is 6.92 Å². The van der Waals surface area contributed by atoms with Crippen molar-refractivity contribution in [1.29, 1.82) is 0 Å². The van der Waals surface area contributed by atoms with Crippen LogP contribution in [0.4, 0.5) is 0 Å². The highest BCUT2D eigenvalue weighted by molar-refractivity contribution is 7.12. The zero-order valence-corrected chi connectivity index (χ0v) is 13.0. The van der Waals surface area contributed by atoms with Gasteiger partial charge in [0.15, 0.2) is 0 Å². The molecule has 1 fully saturated rings. The molecule has 1 aromatic rings. The number of hydrogen-bond donors (Lipinski definition) is 1. The number of likely N-dealkylation sites (N-methyl/N-ethyl adjacent to an activating group) is 1. The summed E-state index contributed by atoms with van der Waals surface area (Å²) in [6, 6.07) is 4.74. The van der Waals surface area contributed by atoms with Crippen molar-refractivity contribution in [2.75, 3.05) is 26.7 Å². The van der Waals surface area contributed by atoms with Crippen LogP contribution < -0.4 is 5.32 Å². The van der Waals surface area contributed by atoms with Gasteiger partial charge in [-0.25, -0.2) is 0 Å². The van der Waals surface area contributed by atoms with Crippen LogP contribution in [0.3, 0.4) is 0 Å². The molecule has 0 aromatic carbocycles. The van der Waals surface area contributed by atoms with Crippen LogP contribution in [-0.2, 0) is 4.79 Å². The van der Waals surface area contributed by atoms with Gasteiger partial charge in [-0.1, -0.05) is 0 Å². The Morgan fingerprint density at radius 1 is 1.53 bits per heavy atom. The maximum Gasteiger partial charge on any atom is 0.238 e. The van der Waals surface area contributed by atoms with E-state index in [0.717, 1.165) is 13.1 Å². The molecular weight excluding hydrogens is 258 g/mol. The Kier molecular flexibility index (Phi) is 4.60. The van der Waals surface area contributed by atoms with Crippen molar-refractivity contribution >= 4 is 17.2 Å². The van der Waals surface area contributed by atoms with Crippen LogP contribution >= 0.6 is 11.3 Å². The van der Waals surface area contributed by atoms with Gasteiger partial charge in [0.1, 0.15) is 6.17 Å². The van der Waals surface area contributed by atoms with Gasteiger partial charge in [0.2, 0.25) is 5.91 Å². The highest BCUT2D eigenvalue weighted by Crippen LogP contribution is 2.28. The van der Waals surface area contributed by atoms with Gasteiger partial charge in [-0.15, -0.1) is 11.3 Å². The van der Waals surface area contributed by atoms with E-state index >= 15 is 0 Å². The lowest BCUT2D eigenvalue weighted by Gasteiger charge is -2.28. The molecule has 19 heavy (non-hydrogen) atoms. The molecule has 2 rings (SSSR count). The number of carbonyl (C=O) groups is 1. The molecule has 1 aliphatic rings. The number of rotatable bonds is 5. The molecule has 1 amide bonds. The smallest absolute Gasteiger partial charge is 0.238 e. The summed E-state index contributed by atoms with van der Waals surface area (Å²) in [5.74, 6) is 0.202. The van der Waals surface area contributed by atoms with Gasteiger partial charge in [0, 0.05) is 28.9 Å². The Morgan fingerprint density at radius 3 is 2.84 bits per heavy atom. The first-order chi connectivity index (χ1) is 8.99. The van der Waals surface area contributed by atoms with E-state index in [1.807, 2.05) is 4.90 Å². The Balaban J connectivity index is 2.02. The molecular formula is C14H23N3OS. The van der Waals surface area contributed by atoms with E-state index in [9.17, 15) is 4.79 Å². The third-order valence-electron chi connectivity index (χ3n) is 3.68. The molecule has 1 saturated heterocycles. The van der Waals surface area contributed by atoms with Gasteiger partial charge in [0.05, 0.1) is 6.54 Å². The summed E-state index contributed by atoms with van der Waals surface area (Å²) in [4.78, 5) is 18.7. The van der Waals surface area contributed by atoms with Gasteiger partial charge in [0.25, 0.3) is 0 Å². The lowest BCUT2D eigenvalue weighted by Crippen LogP contribution is -2.38. The molecule has 5 heteroatoms. The highest BCUT2D eigenvalue weighted by atomic mass is 32.1. The standard InChI is InChI=1S/C14H23N3OS/c1-10(2)16(4)7-8-17-13(18)9-15-14(17)12-6-5-11(3)19-12/h5-6,10,14-15H,7-9H2,1-4H3. The predicted octanol–water partition coefficient (Wildman–Crippen LogP) is 1.83. The van der Waals surface area contributed by atoms with Crippen LogP contribution in [-0.4, -0.2) is 48.4 Å². The van der Waals surface area contributed by atoms with E-state index in [4.69, 9.17) is 0 Å². The largest absolute Gasteiger partial charge is 0.320 e. The van der Waals surface area contributed by atoms with E-state index < -0.39 is 0 Å². The van der Waals surface area contributed by atoms with Crippen LogP contribution in [0.5, 0.6) is 0 Å². The van der Waals surface area contributed by atoms with Crippen molar-refractivity contribution in [2.24, 2.45) is 0 Å². The van der Waals surface area contributed by atoms with Crippen LogP contribution in [0.2, 0.25) is 0 Å². The first kappa shape index (κ1) is 14.5. The average molecular weight is 281 g/mol. The van der Waals surface area contributed by atoms with E-state index in [2.05, 4.69) is 50.2 Å². The molecule has 1 aliphatic heterocycles. The average Bonchev–Trinajstić information content (AvgIpc) is 2.92. The number of carbonyl (C=O) groups excluding carboxylic acids is 1. The fraction of sp³-hybridized carbons (Fsp3) is 0.643. The van der Waals surface area contributed by atoms with E-state index in [0.29, 0.717) is 12.6 Å². The molecule has 2 heterocycles. The minimum Gasteiger partial charge on any atom is -0.320 e. The minimum atomic E-state index is 0.0618. The molecule has 0 bridgehead atoms. The number of nitrogens with zero attached hydrogens (tertiary/aromatic N) is 2. The zero-order chi connectivity index (χ0) is 14.0. The summed E-state index contributed by atoms with van der Waals surface area (Å²) < 4.78 is 0. The summed E-state index contributed by atoms with van der Waals surface area (Å²) in [5, 5.41) is 3.31. The molecule has 1 N–H and O–H groups in total. The molecule has 0 aliphatic carbocycles. The second-order valence-corrected chi connectivity index (χ2v) is 6.71. The molecule has 1 aromatic heterocycles. The second kappa shape index (κ2) is 6.03. The summed E-state index contributed by atoms with van der Waals surface area (Å²) in [6.45, 7) is 8.58. The van der Waals surface area contributed by atoms with Crippen molar-refractivity contribution in [3.05, 3.63) is 21.9 Å². The van der Waals surface area contributed by atoms with Crippen molar-refractivity contribution in [2.45, 2.75) is 33.0 Å². The molecule has 4 nitrogen and oxygen atoms in total. The molecule has 1 unspecified atom stereocenters. The Hall–Kier alpha value is -0.910. The Bertz CT molecular complexity index is 444. The van der Waals surface area contributed by atoms with E-state index in [-0.39, 0.29) is 12.1 Å². The first-order valence-electron chi connectivity index (χ1n) is 6.78. The van der Waals surface area contributed by atoms with Gasteiger partial charge in [-0.2, -0.15) is 0 Å². The fourth-order valence-electron chi connectivity index (χ4n) is 2.17. The van der Waals surface area contributed by atoms with Crippen molar-refractivity contribution in [1.82, 2.24) is 15.1 Å². The van der Waals surface area contributed by atoms with E-state index in [1.54, 1.807) is 11.3 Å². The van der Waals surface area contributed by atoms with Gasteiger partial charge < -0.3 is 9.80 Å². The highest BCUT2D eigenvalue weighted by Gasteiger charge is 2.32. The first-order valence-corrected chi connectivity index (χ1v) is 7.60. The molecule has 0 saturated carbocycles. The number of thiophene rings is 1. The topological polar surface area (TPSA) is 35.6 Å². The lowest BCUT2D eigenvalue weighted by molar-refractivity contribution is -0.128. The quantitative estimate of drug-likeness (QED) is 0.894. The zero-order valence-electron chi connectivity index (χ0n) is 12.1. The van der Waals surface area contributed by atoms with Crippen LogP contribution in [0.15, 0.2) is 12.1 Å². The molecule has 106 valence electrons. The number of hydrogen-bond acceptors (Lipinski definition) is 4. The summed E-state index contributed by atoms with van der Waals surface area (Å²) in [6.07, 6.45) is 0.0618. The Morgan fingerprint density at radius 2 is 2.26 bits per heavy atom. The summed E-state index contributed by atoms with van der Waals surface area (Å²) in [5.41, 5.74) is 0. The van der Waals surface area contributed by atoms with Crippen molar-refractivity contribution in [3.8, 4) is 0 Å². The third kappa shape index (κ3) is 3.35. The van der Waals surface area contributed by atoms with Crippen LogP contribution in [0.1, 0.15) is 29.8 Å². The normalized spacial score (nSPS) is 20.0. The number of amides is 1. The molecule has 1 atom stereocenters. The van der Waals surface area contributed by atoms with E-state index in [1.165, 1.54) is 9.75 Å². The molecule has 0 radical (unpaired) electrons. The monoisotopic (exact) mass is 281 g/mol.